The first-order valence-electron chi connectivity index (χ1n) is 9.87. The Morgan fingerprint density at radius 2 is 1.85 bits per heavy atom. The highest BCUT2D eigenvalue weighted by Crippen LogP contribution is 2.49. The molecular weight excluding hydrogens is 351 g/mol. The van der Waals surface area contributed by atoms with Crippen LogP contribution < -0.4 is 9.80 Å². The van der Waals surface area contributed by atoms with Crippen LogP contribution in [0, 0.1) is 17.7 Å². The second-order valence-corrected chi connectivity index (χ2v) is 8.10. The Bertz CT molecular complexity index is 735. The summed E-state index contributed by atoms with van der Waals surface area (Å²) in [6.07, 6.45) is 2.03. The number of amides is 1. The van der Waals surface area contributed by atoms with Gasteiger partial charge in [0.05, 0.1) is 31.1 Å². The first kappa shape index (κ1) is 17.3. The van der Waals surface area contributed by atoms with Gasteiger partial charge in [0.2, 0.25) is 0 Å². The van der Waals surface area contributed by atoms with Crippen molar-refractivity contribution >= 4 is 17.5 Å². The molecule has 3 heterocycles. The van der Waals surface area contributed by atoms with Gasteiger partial charge in [0.25, 0.3) is 0 Å². The van der Waals surface area contributed by atoms with Crippen molar-refractivity contribution in [2.45, 2.75) is 38.1 Å². The van der Waals surface area contributed by atoms with Crippen LogP contribution >= 0.6 is 0 Å². The third kappa shape index (κ3) is 2.88. The number of cyclic esters (lactones) is 1. The van der Waals surface area contributed by atoms with E-state index in [9.17, 15) is 9.18 Å². The van der Waals surface area contributed by atoms with E-state index in [1.807, 2.05) is 13.0 Å². The SMILES string of the molecule is CC[C@H]1CN(c2ccc(N3CC4CC5(CC4C3)OCCO5)c(F)c2)C(=O)O1. The minimum absolute atomic E-state index is 0.120. The van der Waals surface area contributed by atoms with E-state index in [0.717, 1.165) is 32.4 Å². The topological polar surface area (TPSA) is 51.2 Å². The fraction of sp³-hybridized carbons (Fsp3) is 0.650. The zero-order chi connectivity index (χ0) is 18.6. The summed E-state index contributed by atoms with van der Waals surface area (Å²) < 4.78 is 31.8. The molecule has 0 aromatic heterocycles. The molecule has 1 aromatic rings. The number of fused-ring (bicyclic) bond motifs is 1. The molecule has 1 amide bonds. The van der Waals surface area contributed by atoms with Crippen molar-refractivity contribution in [1.29, 1.82) is 0 Å². The van der Waals surface area contributed by atoms with Gasteiger partial charge in [-0.25, -0.2) is 9.18 Å². The molecule has 0 radical (unpaired) electrons. The number of hydrogen-bond donors (Lipinski definition) is 0. The van der Waals surface area contributed by atoms with E-state index in [1.54, 1.807) is 6.07 Å². The molecule has 0 N–H and O–H groups in total. The van der Waals surface area contributed by atoms with E-state index in [4.69, 9.17) is 14.2 Å². The number of anilines is 2. The summed E-state index contributed by atoms with van der Waals surface area (Å²) in [7, 11) is 0. The number of carbonyl (C=O) groups is 1. The number of halogens is 1. The number of carbonyl (C=O) groups excluding carboxylic acids is 1. The van der Waals surface area contributed by atoms with Gasteiger partial charge in [-0.3, -0.25) is 4.90 Å². The molecule has 5 rings (SSSR count). The molecule has 2 unspecified atom stereocenters. The van der Waals surface area contributed by atoms with Crippen LogP contribution in [0.1, 0.15) is 26.2 Å². The zero-order valence-corrected chi connectivity index (χ0v) is 15.5. The molecule has 4 aliphatic rings. The summed E-state index contributed by atoms with van der Waals surface area (Å²) in [6, 6.07) is 5.06. The molecule has 1 aliphatic carbocycles. The van der Waals surface area contributed by atoms with Gasteiger partial charge in [-0.1, -0.05) is 6.92 Å². The Morgan fingerprint density at radius 1 is 1.15 bits per heavy atom. The zero-order valence-electron chi connectivity index (χ0n) is 15.5. The number of nitrogens with zero attached hydrogens (tertiary/aromatic N) is 2. The molecule has 27 heavy (non-hydrogen) atoms. The van der Waals surface area contributed by atoms with Crippen molar-refractivity contribution in [3.05, 3.63) is 24.0 Å². The summed E-state index contributed by atoms with van der Waals surface area (Å²) >= 11 is 0. The van der Waals surface area contributed by atoms with Crippen LogP contribution in [0.15, 0.2) is 18.2 Å². The van der Waals surface area contributed by atoms with Crippen molar-refractivity contribution in [3.63, 3.8) is 0 Å². The summed E-state index contributed by atoms with van der Waals surface area (Å²) in [5, 5.41) is 0. The van der Waals surface area contributed by atoms with Gasteiger partial charge in [-0.05, 0) is 36.5 Å². The number of ether oxygens (including phenoxy) is 3. The minimum atomic E-state index is -0.397. The van der Waals surface area contributed by atoms with E-state index < -0.39 is 6.09 Å². The van der Waals surface area contributed by atoms with Crippen molar-refractivity contribution in [2.75, 3.05) is 42.6 Å². The second-order valence-electron chi connectivity index (χ2n) is 8.10. The molecule has 3 saturated heterocycles. The highest BCUT2D eigenvalue weighted by Gasteiger charge is 2.52. The Balaban J connectivity index is 1.29. The lowest BCUT2D eigenvalue weighted by Gasteiger charge is -2.26. The van der Waals surface area contributed by atoms with E-state index >= 15 is 0 Å². The van der Waals surface area contributed by atoms with E-state index in [2.05, 4.69) is 4.90 Å². The lowest BCUT2D eigenvalue weighted by molar-refractivity contribution is -0.154. The fourth-order valence-electron chi connectivity index (χ4n) is 5.08. The summed E-state index contributed by atoms with van der Waals surface area (Å²) in [5.41, 5.74) is 1.17. The number of rotatable bonds is 3. The molecule has 0 bridgehead atoms. The third-order valence-electron chi connectivity index (χ3n) is 6.45. The highest BCUT2D eigenvalue weighted by molar-refractivity contribution is 5.90. The van der Waals surface area contributed by atoms with Crippen LogP contribution in [0.4, 0.5) is 20.6 Å². The van der Waals surface area contributed by atoms with Crippen molar-refractivity contribution in [3.8, 4) is 0 Å². The van der Waals surface area contributed by atoms with Gasteiger partial charge < -0.3 is 19.1 Å². The average Bonchev–Trinajstić information content (AvgIpc) is 3.39. The fourth-order valence-corrected chi connectivity index (χ4v) is 5.08. The predicted molar refractivity (Wildman–Crippen MR) is 97.4 cm³/mol. The van der Waals surface area contributed by atoms with E-state index in [-0.39, 0.29) is 17.7 Å². The predicted octanol–water partition coefficient (Wildman–Crippen LogP) is 3.15. The lowest BCUT2D eigenvalue weighted by Crippen LogP contribution is -2.31. The molecule has 7 heteroatoms. The molecule has 4 fully saturated rings. The first-order valence-corrected chi connectivity index (χ1v) is 9.87. The average molecular weight is 376 g/mol. The molecule has 146 valence electrons. The molecule has 1 spiro atoms. The molecule has 1 aromatic carbocycles. The molecule has 3 atom stereocenters. The summed E-state index contributed by atoms with van der Waals surface area (Å²) in [4.78, 5) is 15.6. The Morgan fingerprint density at radius 3 is 2.44 bits per heavy atom. The van der Waals surface area contributed by atoms with Crippen LogP contribution in [0.2, 0.25) is 0 Å². The van der Waals surface area contributed by atoms with Gasteiger partial charge >= 0.3 is 6.09 Å². The van der Waals surface area contributed by atoms with Crippen molar-refractivity contribution < 1.29 is 23.4 Å². The largest absolute Gasteiger partial charge is 0.444 e. The minimum Gasteiger partial charge on any atom is -0.444 e. The maximum atomic E-state index is 14.9. The molecule has 6 nitrogen and oxygen atoms in total. The van der Waals surface area contributed by atoms with Gasteiger partial charge in [-0.15, -0.1) is 0 Å². The van der Waals surface area contributed by atoms with Crippen LogP contribution in [-0.2, 0) is 14.2 Å². The first-order chi connectivity index (χ1) is 13.1. The molecule has 3 aliphatic heterocycles. The molecule has 1 saturated carbocycles. The van der Waals surface area contributed by atoms with Gasteiger partial charge in [0.1, 0.15) is 11.9 Å². The van der Waals surface area contributed by atoms with E-state index in [0.29, 0.717) is 43.0 Å². The summed E-state index contributed by atoms with van der Waals surface area (Å²) in [6.45, 7) is 5.44. The number of benzene rings is 1. The Labute approximate surface area is 158 Å². The van der Waals surface area contributed by atoms with Crippen LogP contribution in [0.3, 0.4) is 0 Å². The van der Waals surface area contributed by atoms with Crippen LogP contribution in [-0.4, -0.2) is 50.8 Å². The van der Waals surface area contributed by atoms with Crippen molar-refractivity contribution in [2.24, 2.45) is 11.8 Å². The highest BCUT2D eigenvalue weighted by atomic mass is 19.1. The van der Waals surface area contributed by atoms with Crippen LogP contribution in [0.25, 0.3) is 0 Å². The standard InChI is InChI=1S/C20H25FN2O4/c1-2-16-12-23(19(24)27-16)15-3-4-18(17(21)7-15)22-10-13-8-20(9-14(13)11-22)25-5-6-26-20/h3-4,7,13-14,16H,2,5-6,8-12H2,1H3/t13?,14?,16-/m0/s1. The smallest absolute Gasteiger partial charge is 0.414 e. The van der Waals surface area contributed by atoms with Crippen LogP contribution in [0.5, 0.6) is 0 Å². The maximum absolute atomic E-state index is 14.9. The maximum Gasteiger partial charge on any atom is 0.414 e. The number of hydrogen-bond acceptors (Lipinski definition) is 5. The Hall–Kier alpha value is -1.86. The normalized spacial score (nSPS) is 31.8. The third-order valence-corrected chi connectivity index (χ3v) is 6.45. The quantitative estimate of drug-likeness (QED) is 0.811. The van der Waals surface area contributed by atoms with Gasteiger partial charge in [0.15, 0.2) is 5.79 Å². The summed E-state index contributed by atoms with van der Waals surface area (Å²) in [5.74, 6) is 0.279. The second kappa shape index (κ2) is 6.34. The van der Waals surface area contributed by atoms with Gasteiger partial charge in [0, 0.05) is 25.9 Å². The molecular formula is C20H25FN2O4. The van der Waals surface area contributed by atoms with E-state index in [1.165, 1.54) is 11.0 Å². The van der Waals surface area contributed by atoms with Crippen molar-refractivity contribution in [1.82, 2.24) is 0 Å². The van der Waals surface area contributed by atoms with Gasteiger partial charge in [-0.2, -0.15) is 0 Å². The monoisotopic (exact) mass is 376 g/mol. The Kier molecular flexibility index (Phi) is 4.05. The lowest BCUT2D eigenvalue weighted by atomic mass is 10.0.